The molecule has 1 heterocycles. The van der Waals surface area contributed by atoms with Crippen molar-refractivity contribution < 1.29 is 8.42 Å². The van der Waals surface area contributed by atoms with Gasteiger partial charge in [-0.25, -0.2) is 13.4 Å². The van der Waals surface area contributed by atoms with Crippen molar-refractivity contribution in [1.82, 2.24) is 9.29 Å². The second-order valence-corrected chi connectivity index (χ2v) is 8.24. The van der Waals surface area contributed by atoms with Gasteiger partial charge in [0.1, 0.15) is 0 Å². The van der Waals surface area contributed by atoms with E-state index in [2.05, 4.69) is 4.98 Å². The maximum absolute atomic E-state index is 12.3. The zero-order valence-corrected chi connectivity index (χ0v) is 12.2. The molecule has 4 nitrogen and oxygen atoms in total. The fourth-order valence-electron chi connectivity index (χ4n) is 1.87. The van der Waals surface area contributed by atoms with Gasteiger partial charge >= 0.3 is 0 Å². The zero-order valence-electron chi connectivity index (χ0n) is 9.81. The summed E-state index contributed by atoms with van der Waals surface area (Å²) in [4.78, 5) is 3.95. The molecular formula is C10H15ClN2O2S2. The predicted octanol–water partition coefficient (Wildman–Crippen LogP) is 2.53. The van der Waals surface area contributed by atoms with Crippen LogP contribution in [0.25, 0.3) is 0 Å². The van der Waals surface area contributed by atoms with Crippen LogP contribution < -0.4 is 0 Å². The molecule has 0 aromatic carbocycles. The Balaban J connectivity index is 2.19. The van der Waals surface area contributed by atoms with Crippen molar-refractivity contribution in [3.8, 4) is 0 Å². The first kappa shape index (κ1) is 13.3. The molecule has 2 rings (SSSR count). The highest BCUT2D eigenvalue weighted by Gasteiger charge is 2.29. The first-order valence-electron chi connectivity index (χ1n) is 5.50. The molecule has 1 aliphatic carbocycles. The van der Waals surface area contributed by atoms with Gasteiger partial charge in [0, 0.05) is 13.6 Å². The van der Waals surface area contributed by atoms with E-state index in [9.17, 15) is 8.42 Å². The standard InChI is InChI=1S/C10H15ClN2O2S2/c1-7-9(16-10(11)12-7)17(14,15)13(2)6-8-4-3-5-8/h8H,3-6H2,1-2H3. The largest absolute Gasteiger partial charge is 0.254 e. The van der Waals surface area contributed by atoms with Crippen LogP contribution in [0.15, 0.2) is 4.21 Å². The third kappa shape index (κ3) is 2.65. The van der Waals surface area contributed by atoms with Gasteiger partial charge < -0.3 is 0 Å². The number of rotatable bonds is 4. The van der Waals surface area contributed by atoms with Crippen LogP contribution in [0, 0.1) is 12.8 Å². The van der Waals surface area contributed by atoms with Crippen LogP contribution in [0.1, 0.15) is 25.0 Å². The van der Waals surface area contributed by atoms with Crippen molar-refractivity contribution in [1.29, 1.82) is 0 Å². The van der Waals surface area contributed by atoms with Crippen molar-refractivity contribution in [2.75, 3.05) is 13.6 Å². The molecule has 17 heavy (non-hydrogen) atoms. The van der Waals surface area contributed by atoms with E-state index in [4.69, 9.17) is 11.6 Å². The Morgan fingerprint density at radius 1 is 1.53 bits per heavy atom. The minimum absolute atomic E-state index is 0.268. The van der Waals surface area contributed by atoms with Crippen LogP contribution in [0.4, 0.5) is 0 Å². The van der Waals surface area contributed by atoms with Gasteiger partial charge in [-0.1, -0.05) is 29.4 Å². The van der Waals surface area contributed by atoms with Gasteiger partial charge in [-0.15, -0.1) is 0 Å². The Bertz CT molecular complexity index is 508. The number of thiazole rings is 1. The van der Waals surface area contributed by atoms with Gasteiger partial charge in [-0.2, -0.15) is 4.31 Å². The van der Waals surface area contributed by atoms with Gasteiger partial charge in [0.2, 0.25) is 0 Å². The van der Waals surface area contributed by atoms with Crippen LogP contribution in [-0.2, 0) is 10.0 Å². The average molecular weight is 295 g/mol. The number of sulfonamides is 1. The first-order valence-corrected chi connectivity index (χ1v) is 8.14. The normalized spacial score (nSPS) is 17.4. The molecule has 0 N–H and O–H groups in total. The monoisotopic (exact) mass is 294 g/mol. The Morgan fingerprint density at radius 3 is 2.59 bits per heavy atom. The van der Waals surface area contributed by atoms with E-state index in [0.717, 1.165) is 24.2 Å². The second kappa shape index (κ2) is 4.84. The van der Waals surface area contributed by atoms with Crippen molar-refractivity contribution in [2.24, 2.45) is 5.92 Å². The van der Waals surface area contributed by atoms with Gasteiger partial charge in [-0.05, 0) is 25.7 Å². The molecule has 7 heteroatoms. The molecule has 1 fully saturated rings. The number of aromatic nitrogens is 1. The minimum atomic E-state index is -3.42. The van der Waals surface area contributed by atoms with E-state index in [-0.39, 0.29) is 8.68 Å². The maximum Gasteiger partial charge on any atom is 0.254 e. The summed E-state index contributed by atoms with van der Waals surface area (Å²) >= 11 is 6.77. The van der Waals surface area contributed by atoms with E-state index in [1.54, 1.807) is 14.0 Å². The lowest BCUT2D eigenvalue weighted by molar-refractivity contribution is 0.263. The molecule has 0 amide bonds. The summed E-state index contributed by atoms with van der Waals surface area (Å²) in [6.45, 7) is 2.27. The molecule has 0 unspecified atom stereocenters. The lowest BCUT2D eigenvalue weighted by Crippen LogP contribution is -2.34. The van der Waals surface area contributed by atoms with Crippen LogP contribution >= 0.6 is 22.9 Å². The molecule has 1 aromatic heterocycles. The third-order valence-electron chi connectivity index (χ3n) is 3.11. The van der Waals surface area contributed by atoms with Crippen molar-refractivity contribution in [3.05, 3.63) is 10.2 Å². The lowest BCUT2D eigenvalue weighted by atomic mass is 9.86. The Morgan fingerprint density at radius 2 is 2.18 bits per heavy atom. The molecule has 0 spiro atoms. The Kier molecular flexibility index (Phi) is 3.77. The van der Waals surface area contributed by atoms with Crippen LogP contribution in [0.5, 0.6) is 0 Å². The average Bonchev–Trinajstić information content (AvgIpc) is 2.51. The summed E-state index contributed by atoms with van der Waals surface area (Å²) in [5, 5.41) is 0. The summed E-state index contributed by atoms with van der Waals surface area (Å²) in [5.41, 5.74) is 0.487. The fourth-order valence-corrected chi connectivity index (χ4v) is 5.04. The summed E-state index contributed by atoms with van der Waals surface area (Å²) in [6, 6.07) is 0. The fraction of sp³-hybridized carbons (Fsp3) is 0.700. The number of hydrogen-bond acceptors (Lipinski definition) is 4. The molecule has 96 valence electrons. The number of nitrogens with zero attached hydrogens (tertiary/aromatic N) is 2. The third-order valence-corrected chi connectivity index (χ3v) is 6.78. The smallest absolute Gasteiger partial charge is 0.229 e. The van der Waals surface area contributed by atoms with Crippen LogP contribution in [0.2, 0.25) is 4.47 Å². The minimum Gasteiger partial charge on any atom is -0.229 e. The number of halogens is 1. The number of aryl methyl sites for hydroxylation is 1. The highest BCUT2D eigenvalue weighted by Crippen LogP contribution is 2.32. The summed E-state index contributed by atoms with van der Waals surface area (Å²) in [7, 11) is -1.79. The van der Waals surface area contributed by atoms with Crippen molar-refractivity contribution in [2.45, 2.75) is 30.4 Å². The highest BCUT2D eigenvalue weighted by atomic mass is 35.5. The zero-order chi connectivity index (χ0) is 12.6. The summed E-state index contributed by atoms with van der Waals surface area (Å²) < 4.78 is 26.5. The lowest BCUT2D eigenvalue weighted by Gasteiger charge is -2.29. The molecule has 1 saturated carbocycles. The first-order chi connectivity index (χ1) is 7.91. The molecule has 1 aromatic rings. The highest BCUT2D eigenvalue weighted by molar-refractivity contribution is 7.91. The van der Waals surface area contributed by atoms with E-state index in [1.807, 2.05) is 0 Å². The van der Waals surface area contributed by atoms with Gasteiger partial charge in [0.05, 0.1) is 5.69 Å². The number of hydrogen-bond donors (Lipinski definition) is 0. The van der Waals surface area contributed by atoms with Gasteiger partial charge in [-0.3, -0.25) is 0 Å². The second-order valence-electron chi connectivity index (χ2n) is 4.42. The Hall–Kier alpha value is -0.170. The van der Waals surface area contributed by atoms with Gasteiger partial charge in [0.25, 0.3) is 10.0 Å². The van der Waals surface area contributed by atoms with Gasteiger partial charge in [0.15, 0.2) is 8.68 Å². The van der Waals surface area contributed by atoms with E-state index < -0.39 is 10.0 Å². The molecular weight excluding hydrogens is 280 g/mol. The van der Waals surface area contributed by atoms with E-state index in [1.165, 1.54) is 10.7 Å². The molecule has 1 aliphatic rings. The summed E-state index contributed by atoms with van der Waals surface area (Å²) in [6.07, 6.45) is 3.47. The maximum atomic E-state index is 12.3. The Labute approximate surface area is 111 Å². The van der Waals surface area contributed by atoms with E-state index >= 15 is 0 Å². The predicted molar refractivity (Wildman–Crippen MR) is 69.0 cm³/mol. The molecule has 0 atom stereocenters. The molecule has 0 aliphatic heterocycles. The SMILES string of the molecule is Cc1nc(Cl)sc1S(=O)(=O)N(C)CC1CCC1. The van der Waals surface area contributed by atoms with E-state index in [0.29, 0.717) is 18.2 Å². The van der Waals surface area contributed by atoms with Crippen LogP contribution in [-0.4, -0.2) is 31.3 Å². The molecule has 0 saturated heterocycles. The van der Waals surface area contributed by atoms with Crippen LogP contribution in [0.3, 0.4) is 0 Å². The topological polar surface area (TPSA) is 50.3 Å². The van der Waals surface area contributed by atoms with Crippen molar-refractivity contribution in [3.63, 3.8) is 0 Å². The molecule has 0 bridgehead atoms. The molecule has 0 radical (unpaired) electrons. The quantitative estimate of drug-likeness (QED) is 0.857. The van der Waals surface area contributed by atoms with Crippen molar-refractivity contribution >= 4 is 33.0 Å². The summed E-state index contributed by atoms with van der Waals surface area (Å²) in [5.74, 6) is 0.512.